The van der Waals surface area contributed by atoms with E-state index in [1.807, 2.05) is 30.3 Å². The lowest BCUT2D eigenvalue weighted by molar-refractivity contribution is -0.138. The molecule has 0 unspecified atom stereocenters. The molecule has 0 aliphatic rings. The molecule has 0 fully saturated rings. The Morgan fingerprint density at radius 3 is 2.53 bits per heavy atom. The summed E-state index contributed by atoms with van der Waals surface area (Å²) >= 11 is 0. The minimum absolute atomic E-state index is 0.183. The second kappa shape index (κ2) is 8.00. The molecule has 3 rings (SSSR count). The number of hydrogen-bond donors (Lipinski definition) is 2. The maximum atomic E-state index is 13.1. The van der Waals surface area contributed by atoms with Crippen LogP contribution in [0.3, 0.4) is 0 Å². The van der Waals surface area contributed by atoms with Gasteiger partial charge in [-0.3, -0.25) is 9.48 Å². The molecular formula is C21H17F3N4O2. The van der Waals surface area contributed by atoms with Crippen LogP contribution in [0.25, 0.3) is 11.3 Å². The molecule has 1 amide bonds. The zero-order valence-electron chi connectivity index (χ0n) is 15.8. The van der Waals surface area contributed by atoms with Crippen molar-refractivity contribution in [3.05, 3.63) is 71.9 Å². The first kappa shape index (κ1) is 21.1. The largest absolute Gasteiger partial charge is 0.417 e. The van der Waals surface area contributed by atoms with Crippen molar-refractivity contribution in [2.75, 3.05) is 5.32 Å². The van der Waals surface area contributed by atoms with Crippen LogP contribution in [0.1, 0.15) is 18.1 Å². The highest BCUT2D eigenvalue weighted by atomic mass is 19.4. The molecule has 154 valence electrons. The molecule has 1 heterocycles. The zero-order valence-corrected chi connectivity index (χ0v) is 15.8. The van der Waals surface area contributed by atoms with Crippen LogP contribution in [-0.4, -0.2) is 26.4 Å². The number of nitrogens with zero attached hydrogens (tertiary/aromatic N) is 3. The summed E-state index contributed by atoms with van der Waals surface area (Å²) in [5.74, 6) is -0.905. The smallest absolute Gasteiger partial charge is 0.378 e. The Hall–Kier alpha value is -3.64. The van der Waals surface area contributed by atoms with Crippen molar-refractivity contribution in [1.29, 1.82) is 5.26 Å². The third-order valence-electron chi connectivity index (χ3n) is 4.37. The number of halogens is 3. The number of carbonyl (C=O) groups excluding carboxylic acids is 1. The first-order valence-corrected chi connectivity index (χ1v) is 8.84. The molecule has 0 radical (unpaired) electrons. The molecule has 0 spiro atoms. The van der Waals surface area contributed by atoms with Gasteiger partial charge in [0.1, 0.15) is 0 Å². The highest BCUT2D eigenvalue weighted by molar-refractivity contribution is 5.96. The van der Waals surface area contributed by atoms with Crippen LogP contribution in [0, 0.1) is 11.3 Å². The van der Waals surface area contributed by atoms with Gasteiger partial charge in [-0.1, -0.05) is 30.3 Å². The number of aromatic nitrogens is 2. The molecule has 1 aromatic heterocycles. The fourth-order valence-corrected chi connectivity index (χ4v) is 2.82. The van der Waals surface area contributed by atoms with Crippen molar-refractivity contribution >= 4 is 11.6 Å². The summed E-state index contributed by atoms with van der Waals surface area (Å²) in [4.78, 5) is 12.5. The maximum absolute atomic E-state index is 13.1. The van der Waals surface area contributed by atoms with Crippen LogP contribution in [0.5, 0.6) is 0 Å². The van der Waals surface area contributed by atoms with Gasteiger partial charge < -0.3 is 10.4 Å². The summed E-state index contributed by atoms with van der Waals surface area (Å²) in [5, 5.41) is 26.0. The number of anilines is 1. The van der Waals surface area contributed by atoms with E-state index in [1.165, 1.54) is 23.7 Å². The molecule has 30 heavy (non-hydrogen) atoms. The van der Waals surface area contributed by atoms with Crippen LogP contribution < -0.4 is 5.32 Å². The van der Waals surface area contributed by atoms with E-state index in [1.54, 1.807) is 12.3 Å². The fraction of sp³-hybridized carbons (Fsp3) is 0.190. The Kier molecular flexibility index (Phi) is 5.62. The Morgan fingerprint density at radius 2 is 1.90 bits per heavy atom. The van der Waals surface area contributed by atoms with E-state index in [0.29, 0.717) is 11.8 Å². The molecule has 2 aromatic carbocycles. The SMILES string of the molecule is C[C@](O)(Cn1ccc(-c2ccccc2)n1)C(=O)Nc1ccc(C#N)c(C(F)(F)F)c1. The van der Waals surface area contributed by atoms with Crippen LogP contribution in [0.2, 0.25) is 0 Å². The van der Waals surface area contributed by atoms with E-state index in [2.05, 4.69) is 10.4 Å². The summed E-state index contributed by atoms with van der Waals surface area (Å²) < 4.78 is 40.7. The van der Waals surface area contributed by atoms with E-state index in [4.69, 9.17) is 5.26 Å². The summed E-state index contributed by atoms with van der Waals surface area (Å²) in [7, 11) is 0. The first-order chi connectivity index (χ1) is 14.1. The molecule has 0 aliphatic carbocycles. The van der Waals surface area contributed by atoms with E-state index >= 15 is 0 Å². The number of alkyl halides is 3. The van der Waals surface area contributed by atoms with Gasteiger partial charge in [-0.05, 0) is 31.2 Å². The maximum Gasteiger partial charge on any atom is 0.417 e. The van der Waals surface area contributed by atoms with Gasteiger partial charge in [-0.2, -0.15) is 23.5 Å². The zero-order chi connectivity index (χ0) is 21.9. The number of aliphatic hydroxyl groups is 1. The monoisotopic (exact) mass is 414 g/mol. The van der Waals surface area contributed by atoms with Crippen molar-refractivity contribution in [3.8, 4) is 17.3 Å². The Bertz CT molecular complexity index is 1100. The predicted molar refractivity (Wildman–Crippen MR) is 103 cm³/mol. The van der Waals surface area contributed by atoms with Crippen LogP contribution in [-0.2, 0) is 17.5 Å². The minimum Gasteiger partial charge on any atom is -0.378 e. The molecule has 1 atom stereocenters. The molecule has 2 N–H and O–H groups in total. The van der Waals surface area contributed by atoms with Gasteiger partial charge in [0.05, 0.1) is 29.4 Å². The molecule has 0 saturated heterocycles. The molecule has 3 aromatic rings. The van der Waals surface area contributed by atoms with Gasteiger partial charge in [0.25, 0.3) is 5.91 Å². The number of carbonyl (C=O) groups is 1. The van der Waals surface area contributed by atoms with Crippen molar-refractivity contribution < 1.29 is 23.1 Å². The number of nitriles is 1. The molecular weight excluding hydrogens is 397 g/mol. The minimum atomic E-state index is -4.75. The lowest BCUT2D eigenvalue weighted by Crippen LogP contribution is -2.43. The third kappa shape index (κ3) is 4.67. The Balaban J connectivity index is 1.75. The van der Waals surface area contributed by atoms with Crippen molar-refractivity contribution in [2.45, 2.75) is 25.2 Å². The lowest BCUT2D eigenvalue weighted by Gasteiger charge is -2.22. The van der Waals surface area contributed by atoms with Gasteiger partial charge in [0.15, 0.2) is 5.60 Å². The first-order valence-electron chi connectivity index (χ1n) is 8.84. The number of hydrogen-bond acceptors (Lipinski definition) is 4. The topological polar surface area (TPSA) is 90.9 Å². The van der Waals surface area contributed by atoms with Gasteiger partial charge in [0, 0.05) is 17.4 Å². The van der Waals surface area contributed by atoms with Gasteiger partial charge >= 0.3 is 6.18 Å². The van der Waals surface area contributed by atoms with Crippen LogP contribution in [0.15, 0.2) is 60.8 Å². The summed E-state index contributed by atoms with van der Waals surface area (Å²) in [5.41, 5.74) is -2.35. The highest BCUT2D eigenvalue weighted by Gasteiger charge is 2.35. The van der Waals surface area contributed by atoms with E-state index in [-0.39, 0.29) is 12.2 Å². The quantitative estimate of drug-likeness (QED) is 0.664. The predicted octanol–water partition coefficient (Wildman–Crippen LogP) is 3.83. The molecule has 9 heteroatoms. The Morgan fingerprint density at radius 1 is 1.20 bits per heavy atom. The van der Waals surface area contributed by atoms with Crippen LogP contribution >= 0.6 is 0 Å². The van der Waals surface area contributed by atoms with Crippen molar-refractivity contribution in [1.82, 2.24) is 9.78 Å². The average molecular weight is 414 g/mol. The van der Waals surface area contributed by atoms with Crippen LogP contribution in [0.4, 0.5) is 18.9 Å². The second-order valence-electron chi connectivity index (χ2n) is 6.86. The van der Waals surface area contributed by atoms with Crippen molar-refractivity contribution in [3.63, 3.8) is 0 Å². The van der Waals surface area contributed by atoms with E-state index in [0.717, 1.165) is 11.6 Å². The fourth-order valence-electron chi connectivity index (χ4n) is 2.82. The van der Waals surface area contributed by atoms with E-state index in [9.17, 15) is 23.1 Å². The second-order valence-corrected chi connectivity index (χ2v) is 6.86. The average Bonchev–Trinajstić information content (AvgIpc) is 3.15. The van der Waals surface area contributed by atoms with E-state index < -0.39 is 28.8 Å². The molecule has 0 aliphatic heterocycles. The normalized spacial score (nSPS) is 13.3. The molecule has 6 nitrogen and oxygen atoms in total. The molecule has 0 bridgehead atoms. The van der Waals surface area contributed by atoms with Gasteiger partial charge in [-0.25, -0.2) is 0 Å². The molecule has 0 saturated carbocycles. The lowest BCUT2D eigenvalue weighted by atomic mass is 10.0. The summed E-state index contributed by atoms with van der Waals surface area (Å²) in [6.45, 7) is 1.02. The number of rotatable bonds is 5. The summed E-state index contributed by atoms with van der Waals surface area (Å²) in [6.07, 6.45) is -3.16. The van der Waals surface area contributed by atoms with Gasteiger partial charge in [-0.15, -0.1) is 0 Å². The third-order valence-corrected chi connectivity index (χ3v) is 4.37. The number of amides is 1. The van der Waals surface area contributed by atoms with Gasteiger partial charge in [0.2, 0.25) is 0 Å². The number of benzene rings is 2. The Labute approximate surface area is 170 Å². The standard InChI is InChI=1S/C21H17F3N4O2/c1-20(30,13-28-10-9-18(27-28)14-5-3-2-4-6-14)19(29)26-16-8-7-15(12-25)17(11-16)21(22,23)24/h2-11,30H,13H2,1H3,(H,26,29)/t20-/m0/s1. The number of nitrogens with one attached hydrogen (secondary N) is 1. The van der Waals surface area contributed by atoms with Crippen molar-refractivity contribution in [2.24, 2.45) is 0 Å². The summed E-state index contributed by atoms with van der Waals surface area (Å²) in [6, 6.07) is 15.3. The highest BCUT2D eigenvalue weighted by Crippen LogP contribution is 2.33.